The van der Waals surface area contributed by atoms with E-state index in [0.717, 1.165) is 35.6 Å². The number of hydrogen-bond acceptors (Lipinski definition) is 2. The molecule has 0 aliphatic heterocycles. The lowest BCUT2D eigenvalue weighted by Gasteiger charge is -2.10. The van der Waals surface area contributed by atoms with Crippen LogP contribution in [0.4, 0.5) is 5.69 Å². The average Bonchev–Trinajstić information content (AvgIpc) is 2.80. The van der Waals surface area contributed by atoms with Crippen LogP contribution in [0.2, 0.25) is 0 Å². The predicted molar refractivity (Wildman–Crippen MR) is 89.3 cm³/mol. The third-order valence-electron chi connectivity index (χ3n) is 3.85. The minimum absolute atomic E-state index is 0.780. The van der Waals surface area contributed by atoms with Gasteiger partial charge in [0, 0.05) is 17.8 Å². The fourth-order valence-corrected chi connectivity index (χ4v) is 2.78. The summed E-state index contributed by atoms with van der Waals surface area (Å²) in [6, 6.07) is 12.5. The smallest absolute Gasteiger partial charge is 0.141 e. The van der Waals surface area contributed by atoms with Gasteiger partial charge in [0.1, 0.15) is 5.82 Å². The van der Waals surface area contributed by atoms with Gasteiger partial charge in [-0.05, 0) is 55.7 Å². The Kier molecular flexibility index (Phi) is 3.42. The molecule has 0 atom stereocenters. The fourth-order valence-electron chi connectivity index (χ4n) is 2.78. The molecule has 3 heteroatoms. The molecule has 0 saturated heterocycles. The highest BCUT2D eigenvalue weighted by molar-refractivity contribution is 5.82. The van der Waals surface area contributed by atoms with Crippen LogP contribution < -0.4 is 5.73 Å². The van der Waals surface area contributed by atoms with Crippen molar-refractivity contribution in [3.05, 3.63) is 47.5 Å². The first-order valence-corrected chi connectivity index (χ1v) is 7.43. The number of benzene rings is 2. The monoisotopic (exact) mass is 279 g/mol. The molecule has 3 nitrogen and oxygen atoms in total. The van der Waals surface area contributed by atoms with E-state index < -0.39 is 0 Å². The van der Waals surface area contributed by atoms with E-state index in [1.807, 2.05) is 12.1 Å². The first-order valence-electron chi connectivity index (χ1n) is 7.43. The number of hydrogen-bond donors (Lipinski definition) is 1. The van der Waals surface area contributed by atoms with E-state index >= 15 is 0 Å². The first-order chi connectivity index (χ1) is 10.1. The van der Waals surface area contributed by atoms with Crippen molar-refractivity contribution < 1.29 is 0 Å². The van der Waals surface area contributed by atoms with Crippen molar-refractivity contribution in [2.45, 2.75) is 33.7 Å². The third kappa shape index (κ3) is 2.40. The van der Waals surface area contributed by atoms with E-state index in [4.69, 9.17) is 10.7 Å². The maximum atomic E-state index is 5.97. The van der Waals surface area contributed by atoms with Gasteiger partial charge >= 0.3 is 0 Å². The van der Waals surface area contributed by atoms with Crippen molar-refractivity contribution in [2.75, 3.05) is 5.73 Å². The quantitative estimate of drug-likeness (QED) is 0.726. The van der Waals surface area contributed by atoms with Crippen molar-refractivity contribution in [1.82, 2.24) is 9.55 Å². The average molecular weight is 279 g/mol. The van der Waals surface area contributed by atoms with E-state index in [1.54, 1.807) is 0 Å². The van der Waals surface area contributed by atoms with Crippen LogP contribution in [-0.2, 0) is 6.54 Å². The summed E-state index contributed by atoms with van der Waals surface area (Å²) in [5, 5.41) is 0. The lowest BCUT2D eigenvalue weighted by Crippen LogP contribution is -2.01. The van der Waals surface area contributed by atoms with Crippen molar-refractivity contribution in [3.63, 3.8) is 0 Å². The Morgan fingerprint density at radius 1 is 1.10 bits per heavy atom. The molecule has 0 bridgehead atoms. The number of fused-ring (bicyclic) bond motifs is 1. The van der Waals surface area contributed by atoms with Crippen LogP contribution in [-0.4, -0.2) is 9.55 Å². The molecule has 0 fully saturated rings. The van der Waals surface area contributed by atoms with Crippen molar-refractivity contribution in [1.29, 1.82) is 0 Å². The van der Waals surface area contributed by atoms with E-state index in [0.29, 0.717) is 0 Å². The van der Waals surface area contributed by atoms with Crippen molar-refractivity contribution in [3.8, 4) is 11.4 Å². The fraction of sp³-hybridized carbons (Fsp3) is 0.278. The zero-order chi connectivity index (χ0) is 15.0. The second-order valence-electron chi connectivity index (χ2n) is 5.65. The van der Waals surface area contributed by atoms with Gasteiger partial charge in [-0.25, -0.2) is 4.98 Å². The van der Waals surface area contributed by atoms with Gasteiger partial charge in [0.25, 0.3) is 0 Å². The highest BCUT2D eigenvalue weighted by Gasteiger charge is 2.14. The van der Waals surface area contributed by atoms with Gasteiger partial charge in [-0.15, -0.1) is 0 Å². The molecular weight excluding hydrogens is 258 g/mol. The molecule has 0 spiro atoms. The molecule has 0 saturated carbocycles. The molecule has 3 aromatic rings. The number of rotatable bonds is 3. The molecule has 108 valence electrons. The van der Waals surface area contributed by atoms with Gasteiger partial charge in [-0.3, -0.25) is 0 Å². The molecule has 0 aliphatic rings. The van der Waals surface area contributed by atoms with Gasteiger partial charge in [0.15, 0.2) is 0 Å². The van der Waals surface area contributed by atoms with Gasteiger partial charge in [0.05, 0.1) is 11.0 Å². The Balaban J connectivity index is 2.30. The molecule has 0 unspecified atom stereocenters. The van der Waals surface area contributed by atoms with Crippen LogP contribution in [0.5, 0.6) is 0 Å². The summed E-state index contributed by atoms with van der Waals surface area (Å²) in [7, 11) is 0. The lowest BCUT2D eigenvalue weighted by molar-refractivity contribution is 0.704. The summed E-state index contributed by atoms with van der Waals surface area (Å²) in [5.41, 5.74) is 12.6. The number of nitrogens with zero attached hydrogens (tertiary/aromatic N) is 2. The summed E-state index contributed by atoms with van der Waals surface area (Å²) in [4.78, 5) is 4.87. The van der Waals surface area contributed by atoms with Crippen LogP contribution in [0.25, 0.3) is 22.4 Å². The minimum Gasteiger partial charge on any atom is -0.399 e. The molecule has 0 amide bonds. The van der Waals surface area contributed by atoms with Crippen molar-refractivity contribution >= 4 is 16.7 Å². The number of anilines is 1. The number of imidazole rings is 1. The maximum Gasteiger partial charge on any atom is 0.141 e. The van der Waals surface area contributed by atoms with E-state index in [9.17, 15) is 0 Å². The molecule has 0 aliphatic carbocycles. The van der Waals surface area contributed by atoms with Gasteiger partial charge in [-0.1, -0.05) is 19.1 Å². The predicted octanol–water partition coefficient (Wildman–Crippen LogP) is 4.31. The zero-order valence-electron chi connectivity index (χ0n) is 12.9. The largest absolute Gasteiger partial charge is 0.399 e. The van der Waals surface area contributed by atoms with Crippen molar-refractivity contribution in [2.24, 2.45) is 0 Å². The molecule has 21 heavy (non-hydrogen) atoms. The summed E-state index contributed by atoms with van der Waals surface area (Å²) < 4.78 is 2.30. The van der Waals surface area contributed by atoms with E-state index in [2.05, 4.69) is 49.6 Å². The second kappa shape index (κ2) is 5.24. The highest BCUT2D eigenvalue weighted by atomic mass is 15.1. The molecule has 3 rings (SSSR count). The molecule has 1 heterocycles. The van der Waals surface area contributed by atoms with Gasteiger partial charge in [0.2, 0.25) is 0 Å². The normalized spacial score (nSPS) is 11.2. The number of nitrogen functional groups attached to an aromatic ring is 1. The van der Waals surface area contributed by atoms with Crippen LogP contribution >= 0.6 is 0 Å². The Bertz CT molecular complexity index is 800. The SMILES string of the molecule is CCCn1c(-c2cc(N)ccc2C)nc2cc(C)ccc21. The van der Waals surface area contributed by atoms with Crippen LogP contribution in [0.3, 0.4) is 0 Å². The molecule has 2 aromatic carbocycles. The highest BCUT2D eigenvalue weighted by Crippen LogP contribution is 2.29. The Morgan fingerprint density at radius 3 is 2.67 bits per heavy atom. The molecule has 0 radical (unpaired) electrons. The molecule has 2 N–H and O–H groups in total. The Hall–Kier alpha value is -2.29. The maximum absolute atomic E-state index is 5.97. The van der Waals surface area contributed by atoms with Crippen LogP contribution in [0.1, 0.15) is 24.5 Å². The number of nitrogens with two attached hydrogens (primary N) is 1. The van der Waals surface area contributed by atoms with E-state index in [1.165, 1.54) is 16.6 Å². The standard InChI is InChI=1S/C18H21N3/c1-4-9-21-17-8-5-12(2)10-16(17)20-18(21)15-11-14(19)7-6-13(15)3/h5-8,10-11H,4,9,19H2,1-3H3. The zero-order valence-corrected chi connectivity index (χ0v) is 12.9. The minimum atomic E-state index is 0.780. The topological polar surface area (TPSA) is 43.8 Å². The van der Waals surface area contributed by atoms with Crippen LogP contribution in [0.15, 0.2) is 36.4 Å². The Morgan fingerprint density at radius 2 is 1.90 bits per heavy atom. The third-order valence-corrected chi connectivity index (χ3v) is 3.85. The summed E-state index contributed by atoms with van der Waals surface area (Å²) in [6.45, 7) is 7.36. The Labute approximate surface area is 125 Å². The summed E-state index contributed by atoms with van der Waals surface area (Å²) in [6.07, 6.45) is 1.08. The number of aromatic nitrogens is 2. The summed E-state index contributed by atoms with van der Waals surface area (Å²) >= 11 is 0. The second-order valence-corrected chi connectivity index (χ2v) is 5.65. The van der Waals surface area contributed by atoms with Gasteiger partial charge in [-0.2, -0.15) is 0 Å². The van der Waals surface area contributed by atoms with E-state index in [-0.39, 0.29) is 0 Å². The van der Waals surface area contributed by atoms with Crippen LogP contribution in [0, 0.1) is 13.8 Å². The molecular formula is C18H21N3. The van der Waals surface area contributed by atoms with Gasteiger partial charge < -0.3 is 10.3 Å². The lowest BCUT2D eigenvalue weighted by atomic mass is 10.1. The molecule has 1 aromatic heterocycles. The summed E-state index contributed by atoms with van der Waals surface area (Å²) in [5.74, 6) is 1.02. The number of aryl methyl sites for hydroxylation is 3. The first kappa shape index (κ1) is 13.7.